The third kappa shape index (κ3) is 12.5. The topological polar surface area (TPSA) is 0 Å². The van der Waals surface area contributed by atoms with Gasteiger partial charge in [0.25, 0.3) is 0 Å². The first-order valence-electron chi connectivity index (χ1n) is 7.73. The van der Waals surface area contributed by atoms with Crippen LogP contribution in [0.25, 0.3) is 0 Å². The molecule has 20 heavy (non-hydrogen) atoms. The molecule has 0 nitrogen and oxygen atoms in total. The molecule has 0 aliphatic carbocycles. The van der Waals surface area contributed by atoms with Crippen molar-refractivity contribution in [3.05, 3.63) is 0 Å². The van der Waals surface area contributed by atoms with Gasteiger partial charge < -0.3 is 0 Å². The van der Waals surface area contributed by atoms with Crippen molar-refractivity contribution in [2.24, 2.45) is 0 Å². The Labute approximate surface area is 145 Å². The van der Waals surface area contributed by atoms with E-state index in [0.717, 1.165) is 22.6 Å². The molecule has 0 atom stereocenters. The van der Waals surface area contributed by atoms with Crippen LogP contribution in [0.15, 0.2) is 0 Å². The monoisotopic (exact) mass is 407 g/mol. The fourth-order valence-corrected chi connectivity index (χ4v) is 9.48. The molecular weight excluding hydrogens is 372 g/mol. The Morgan fingerprint density at radius 1 is 0.650 bits per heavy atom. The second-order valence-electron chi connectivity index (χ2n) is 6.67. The second-order valence-corrected chi connectivity index (χ2v) is 16.3. The summed E-state index contributed by atoms with van der Waals surface area (Å²) in [4.78, 5) is 0. The van der Waals surface area contributed by atoms with E-state index in [1.807, 2.05) is 0 Å². The van der Waals surface area contributed by atoms with Crippen molar-refractivity contribution < 1.29 is 12.9 Å². The molecule has 127 valence electrons. The van der Waals surface area contributed by atoms with E-state index in [1.54, 1.807) is 12.3 Å². The van der Waals surface area contributed by atoms with Gasteiger partial charge in [0.15, 0.2) is 0 Å². The van der Waals surface area contributed by atoms with Gasteiger partial charge in [0.2, 0.25) is 0 Å². The summed E-state index contributed by atoms with van der Waals surface area (Å²) < 4.78 is 0. The van der Waals surface area contributed by atoms with Crippen LogP contribution in [0.5, 0.6) is 0 Å². The van der Waals surface area contributed by atoms with E-state index >= 15 is 0 Å². The SMILES string of the molecule is CC(C)[PH+](CCC[PH+](C(C)C)C(C)C)C(C)C.[Cl][Co][Cl]. The summed E-state index contributed by atoms with van der Waals surface area (Å²) in [5.41, 5.74) is 3.81. The third-order valence-corrected chi connectivity index (χ3v) is 11.7. The van der Waals surface area contributed by atoms with Gasteiger partial charge in [-0.2, -0.15) is 0 Å². The van der Waals surface area contributed by atoms with E-state index < -0.39 is 0 Å². The van der Waals surface area contributed by atoms with Crippen LogP contribution >= 0.6 is 36.1 Å². The summed E-state index contributed by atoms with van der Waals surface area (Å²) in [6, 6.07) is 0. The van der Waals surface area contributed by atoms with Gasteiger partial charge in [-0.15, -0.1) is 0 Å². The summed E-state index contributed by atoms with van der Waals surface area (Å²) >= 11 is 0.382. The summed E-state index contributed by atoms with van der Waals surface area (Å²) in [5.74, 6) is 0. The average Bonchev–Trinajstić information content (AvgIpc) is 2.27. The van der Waals surface area contributed by atoms with E-state index in [4.69, 9.17) is 20.3 Å². The summed E-state index contributed by atoms with van der Waals surface area (Å²) in [6.45, 7) is 19.5. The molecule has 0 fully saturated rings. The van der Waals surface area contributed by atoms with Crippen LogP contribution in [0, 0.1) is 0 Å². The molecule has 0 aromatic heterocycles. The van der Waals surface area contributed by atoms with Crippen molar-refractivity contribution in [1.29, 1.82) is 0 Å². The van der Waals surface area contributed by atoms with Crippen molar-refractivity contribution in [3.8, 4) is 0 Å². The van der Waals surface area contributed by atoms with Crippen LogP contribution < -0.4 is 0 Å². The Morgan fingerprint density at radius 3 is 1.00 bits per heavy atom. The molecule has 0 radical (unpaired) electrons. The maximum absolute atomic E-state index is 4.73. The normalized spacial score (nSPS) is 12.2. The van der Waals surface area contributed by atoms with E-state index in [1.165, 1.54) is 6.42 Å². The Balaban J connectivity index is 0. The van der Waals surface area contributed by atoms with Gasteiger partial charge in [0, 0.05) is 22.3 Å². The average molecular weight is 408 g/mol. The van der Waals surface area contributed by atoms with Crippen molar-refractivity contribution in [1.82, 2.24) is 0 Å². The van der Waals surface area contributed by atoms with Crippen molar-refractivity contribution in [3.63, 3.8) is 0 Å². The van der Waals surface area contributed by atoms with Crippen molar-refractivity contribution in [2.45, 2.75) is 84.4 Å². The summed E-state index contributed by atoms with van der Waals surface area (Å²) in [7, 11) is 9.25. The Kier molecular flexibility index (Phi) is 17.6. The minimum atomic E-state index is -0.109. The molecule has 0 rings (SSSR count). The Morgan fingerprint density at radius 2 is 0.850 bits per heavy atom. The fourth-order valence-electron chi connectivity index (χ4n) is 2.98. The van der Waals surface area contributed by atoms with Crippen LogP contribution in [0.1, 0.15) is 61.8 Å². The quantitative estimate of drug-likeness (QED) is 0.387. The summed E-state index contributed by atoms with van der Waals surface area (Å²) in [6.07, 6.45) is 4.61. The molecule has 0 amide bonds. The Bertz CT molecular complexity index is 176. The number of rotatable bonds is 8. The molecule has 0 saturated heterocycles. The first kappa shape index (κ1) is 24.2. The predicted molar refractivity (Wildman–Crippen MR) is 103 cm³/mol. The number of halogens is 2. The summed E-state index contributed by atoms with van der Waals surface area (Å²) in [5, 5.41) is 0. The molecule has 0 bridgehead atoms. The van der Waals surface area contributed by atoms with Gasteiger partial charge in [-0.25, -0.2) is 0 Å². The maximum atomic E-state index is 4.73. The van der Waals surface area contributed by atoms with Crippen molar-refractivity contribution >= 4 is 36.1 Å². The molecule has 0 aromatic rings. The second kappa shape index (κ2) is 14.5. The van der Waals surface area contributed by atoms with Crippen molar-refractivity contribution in [2.75, 3.05) is 12.3 Å². The third-order valence-electron chi connectivity index (χ3n) is 3.90. The zero-order valence-corrected chi connectivity index (χ0v) is 19.1. The predicted octanol–water partition coefficient (Wildman–Crippen LogP) is 6.82. The Hall–Kier alpha value is 1.95. The van der Waals surface area contributed by atoms with Crippen LogP contribution in [0.4, 0.5) is 0 Å². The van der Waals surface area contributed by atoms with E-state index in [0.29, 0.717) is 12.9 Å². The first-order chi connectivity index (χ1) is 9.18. The zero-order chi connectivity index (χ0) is 16.3. The van der Waals surface area contributed by atoms with Gasteiger partial charge in [-0.3, -0.25) is 0 Å². The van der Waals surface area contributed by atoms with Gasteiger partial charge in [0.1, 0.15) is 0 Å². The van der Waals surface area contributed by atoms with Gasteiger partial charge in [-0.05, 0) is 55.4 Å². The van der Waals surface area contributed by atoms with E-state index in [9.17, 15) is 0 Å². The number of hydrogen-bond donors (Lipinski definition) is 0. The molecule has 0 aliphatic rings. The molecule has 0 saturated carbocycles. The van der Waals surface area contributed by atoms with Crippen LogP contribution in [-0.2, 0) is 12.9 Å². The number of hydrogen-bond acceptors (Lipinski definition) is 0. The van der Waals surface area contributed by atoms with Crippen LogP contribution in [-0.4, -0.2) is 35.0 Å². The molecule has 0 spiro atoms. The van der Waals surface area contributed by atoms with E-state index in [-0.39, 0.29) is 15.8 Å². The van der Waals surface area contributed by atoms with Gasteiger partial charge in [0.05, 0.1) is 35.0 Å². The molecule has 0 N–H and O–H groups in total. The first-order valence-corrected chi connectivity index (χ1v) is 14.3. The molecule has 0 aliphatic heterocycles. The van der Waals surface area contributed by atoms with Crippen LogP contribution in [0.3, 0.4) is 0 Å². The van der Waals surface area contributed by atoms with Gasteiger partial charge in [-0.1, -0.05) is 0 Å². The van der Waals surface area contributed by atoms with Gasteiger partial charge >= 0.3 is 33.2 Å². The molecule has 0 heterocycles. The van der Waals surface area contributed by atoms with Crippen LogP contribution in [0.2, 0.25) is 0 Å². The molecule has 0 aromatic carbocycles. The zero-order valence-electron chi connectivity index (χ0n) is 14.5. The van der Waals surface area contributed by atoms with E-state index in [2.05, 4.69) is 55.4 Å². The minimum absolute atomic E-state index is 0.109. The molecule has 0 unspecified atom stereocenters. The molecule has 5 heteroatoms. The molecular formula is C15H36Cl2CoP2+2. The fraction of sp³-hybridized carbons (Fsp3) is 1.00. The standard InChI is InChI=1S/C15H34P2.2ClH.Co/c1-12(2)16(13(3)4)10-9-11-17(14(5)6)15(7)8;;;/h12-15H,9-11H2,1-8H3;2*1H;/q;;;+2.